The van der Waals surface area contributed by atoms with Crippen molar-refractivity contribution in [2.24, 2.45) is 0 Å². The van der Waals surface area contributed by atoms with Crippen LogP contribution in [0.3, 0.4) is 0 Å². The van der Waals surface area contributed by atoms with E-state index < -0.39 is 5.60 Å². The van der Waals surface area contributed by atoms with Crippen molar-refractivity contribution in [3.05, 3.63) is 55.7 Å². The summed E-state index contributed by atoms with van der Waals surface area (Å²) in [7, 11) is 0. The van der Waals surface area contributed by atoms with Crippen molar-refractivity contribution in [3.8, 4) is 11.5 Å². The lowest BCUT2D eigenvalue weighted by Gasteiger charge is -2.19. The summed E-state index contributed by atoms with van der Waals surface area (Å²) in [6.45, 7) is 7.82. The highest BCUT2D eigenvalue weighted by Crippen LogP contribution is 2.11. The molecule has 0 bridgehead atoms. The molecule has 162 valence electrons. The number of Topliss-reactive ketones (excluding diaryl/α,β-unsaturated/α-hetero) is 1. The monoisotopic (exact) mass is 527 g/mol. The van der Waals surface area contributed by atoms with Crippen molar-refractivity contribution < 1.29 is 49.7 Å². The van der Waals surface area contributed by atoms with Crippen LogP contribution in [0.1, 0.15) is 27.7 Å². The van der Waals surface area contributed by atoms with Crippen LogP contribution in [0.2, 0.25) is 0 Å². The van der Waals surface area contributed by atoms with Gasteiger partial charge in [0.2, 0.25) is 0 Å². The molecule has 0 aromatic heterocycles. The maximum atomic E-state index is 11.7. The molecule has 2 rings (SSSR count). The average molecular weight is 527 g/mol. The molecule has 0 fully saturated rings. The van der Waals surface area contributed by atoms with Gasteiger partial charge in [0.25, 0.3) is 0 Å². The van der Waals surface area contributed by atoms with E-state index in [4.69, 9.17) is 18.9 Å². The number of esters is 1. The fraction of sp³-hybridized carbons (Fsp3) is 0.391. The summed E-state index contributed by atoms with van der Waals surface area (Å²) in [4.78, 5) is 23.3. The van der Waals surface area contributed by atoms with E-state index in [1.165, 1.54) is 7.14 Å². The fourth-order valence-electron chi connectivity index (χ4n) is 2.25. The highest BCUT2D eigenvalue weighted by atomic mass is 127. The van der Waals surface area contributed by atoms with Crippen LogP contribution in [0.25, 0.3) is 0 Å². The van der Waals surface area contributed by atoms with Crippen molar-refractivity contribution in [1.29, 1.82) is 0 Å². The third kappa shape index (κ3) is 9.58. The molecule has 0 N–H and O–H groups in total. The summed E-state index contributed by atoms with van der Waals surface area (Å²) >= 11 is -0.359. The molecular formula is C23H28IO6+. The molecule has 0 amide bonds. The minimum atomic E-state index is -0.520. The lowest BCUT2D eigenvalue weighted by Crippen LogP contribution is -3.61. The van der Waals surface area contributed by atoms with Crippen LogP contribution in [0.5, 0.6) is 11.5 Å². The number of hydrogen-bond donors (Lipinski definition) is 0. The Morgan fingerprint density at radius 1 is 0.800 bits per heavy atom. The number of halogens is 1. The number of carbonyl (C=O) groups is 2. The SMILES string of the molecule is CCOCC(=O)COc1ccc([I+]c2ccc(OCC(=O)OC(C)(C)C)cc2)cc1. The highest BCUT2D eigenvalue weighted by Gasteiger charge is 2.18. The minimum absolute atomic E-state index is 0.0131. The van der Waals surface area contributed by atoms with Crippen LogP contribution in [0.4, 0.5) is 0 Å². The molecule has 0 heterocycles. The molecule has 0 atom stereocenters. The molecule has 0 unspecified atom stereocenters. The zero-order valence-corrected chi connectivity index (χ0v) is 19.9. The first-order valence-corrected chi connectivity index (χ1v) is 11.8. The molecule has 6 nitrogen and oxygen atoms in total. The van der Waals surface area contributed by atoms with E-state index in [0.717, 1.165) is 0 Å². The highest BCUT2D eigenvalue weighted by molar-refractivity contribution is 5.81. The van der Waals surface area contributed by atoms with Gasteiger partial charge in [0, 0.05) is 6.61 Å². The van der Waals surface area contributed by atoms with Gasteiger partial charge in [0.1, 0.15) is 30.3 Å². The van der Waals surface area contributed by atoms with E-state index in [9.17, 15) is 9.59 Å². The Kier molecular flexibility index (Phi) is 9.58. The van der Waals surface area contributed by atoms with Crippen LogP contribution < -0.4 is 30.7 Å². The first-order valence-electron chi connectivity index (χ1n) is 9.67. The predicted octanol–water partition coefficient (Wildman–Crippen LogP) is 0.520. The van der Waals surface area contributed by atoms with Gasteiger partial charge in [-0.3, -0.25) is 4.79 Å². The first-order chi connectivity index (χ1) is 14.2. The van der Waals surface area contributed by atoms with Crippen LogP contribution in [0, 0.1) is 7.14 Å². The van der Waals surface area contributed by atoms with Crippen LogP contribution >= 0.6 is 0 Å². The van der Waals surface area contributed by atoms with Gasteiger partial charge in [-0.1, -0.05) is 0 Å². The van der Waals surface area contributed by atoms with Gasteiger partial charge in [0.05, 0.1) is 0 Å². The molecule has 2 aromatic rings. The van der Waals surface area contributed by atoms with Gasteiger partial charge < -0.3 is 18.9 Å². The quantitative estimate of drug-likeness (QED) is 0.314. The Morgan fingerprint density at radius 3 is 1.77 bits per heavy atom. The zero-order valence-electron chi connectivity index (χ0n) is 17.8. The minimum Gasteiger partial charge on any atom is -0.486 e. The Hall–Kier alpha value is -2.13. The molecule has 7 heteroatoms. The predicted molar refractivity (Wildman–Crippen MR) is 109 cm³/mol. The normalized spacial score (nSPS) is 11.1. The number of rotatable bonds is 11. The molecule has 0 spiro atoms. The van der Waals surface area contributed by atoms with Gasteiger partial charge in [-0.15, -0.1) is 0 Å². The van der Waals surface area contributed by atoms with E-state index >= 15 is 0 Å². The molecule has 2 aromatic carbocycles. The lowest BCUT2D eigenvalue weighted by molar-refractivity contribution is -0.597. The molecule has 0 aliphatic rings. The molecule has 0 saturated heterocycles. The number of ketones is 1. The van der Waals surface area contributed by atoms with Crippen LogP contribution in [-0.2, 0) is 19.1 Å². The summed E-state index contributed by atoms with van der Waals surface area (Å²) in [5, 5.41) is 0. The van der Waals surface area contributed by atoms with E-state index in [2.05, 4.69) is 0 Å². The molecular weight excluding hydrogens is 499 g/mol. The Labute approximate surface area is 188 Å². The Morgan fingerprint density at radius 2 is 1.30 bits per heavy atom. The van der Waals surface area contributed by atoms with E-state index in [-0.39, 0.29) is 52.8 Å². The van der Waals surface area contributed by atoms with Crippen molar-refractivity contribution in [3.63, 3.8) is 0 Å². The summed E-state index contributed by atoms with van der Waals surface area (Å²) in [6, 6.07) is 15.5. The standard InChI is InChI=1S/C23H28IO6/c1-5-27-14-19(25)15-28-20-10-6-17(7-11-20)24-18-8-12-21(13-9-18)29-16-22(26)30-23(2,3)4/h6-13H,5,14-16H2,1-4H3/q+1. The maximum absolute atomic E-state index is 11.7. The van der Waals surface area contributed by atoms with Crippen LogP contribution in [-0.4, -0.2) is 43.8 Å². The largest absolute Gasteiger partial charge is 0.486 e. The van der Waals surface area contributed by atoms with Crippen molar-refractivity contribution in [2.45, 2.75) is 33.3 Å². The molecule has 0 saturated carbocycles. The number of benzene rings is 2. The Bertz CT molecular complexity index is 809. The summed E-state index contributed by atoms with van der Waals surface area (Å²) in [6.07, 6.45) is 0. The van der Waals surface area contributed by atoms with E-state index in [0.29, 0.717) is 18.1 Å². The van der Waals surface area contributed by atoms with Gasteiger partial charge in [0.15, 0.2) is 19.5 Å². The lowest BCUT2D eigenvalue weighted by atomic mass is 10.2. The summed E-state index contributed by atoms with van der Waals surface area (Å²) in [5.41, 5.74) is -0.520. The fourth-order valence-corrected chi connectivity index (χ4v) is 4.41. The van der Waals surface area contributed by atoms with Crippen molar-refractivity contribution in [2.75, 3.05) is 26.4 Å². The number of hydrogen-bond acceptors (Lipinski definition) is 6. The average Bonchev–Trinajstić information content (AvgIpc) is 2.70. The summed E-state index contributed by atoms with van der Waals surface area (Å²) in [5.74, 6) is 0.829. The van der Waals surface area contributed by atoms with Crippen molar-refractivity contribution in [1.82, 2.24) is 0 Å². The third-order valence-corrected chi connectivity index (χ3v) is 6.17. The van der Waals surface area contributed by atoms with Gasteiger partial charge in [-0.25, -0.2) is 4.79 Å². The number of carbonyl (C=O) groups excluding carboxylic acids is 2. The van der Waals surface area contributed by atoms with Gasteiger partial charge in [-0.05, 0) is 76.2 Å². The first kappa shape index (κ1) is 24.1. The van der Waals surface area contributed by atoms with E-state index in [1.807, 2.05) is 76.2 Å². The second kappa shape index (κ2) is 11.9. The topological polar surface area (TPSA) is 71.1 Å². The Balaban J connectivity index is 1.79. The van der Waals surface area contributed by atoms with E-state index in [1.54, 1.807) is 0 Å². The molecule has 0 aliphatic carbocycles. The smallest absolute Gasteiger partial charge is 0.357 e. The zero-order chi connectivity index (χ0) is 22.0. The van der Waals surface area contributed by atoms with Crippen molar-refractivity contribution >= 4 is 11.8 Å². The second-order valence-corrected chi connectivity index (χ2v) is 10.4. The number of ether oxygens (including phenoxy) is 4. The van der Waals surface area contributed by atoms with Crippen LogP contribution in [0.15, 0.2) is 48.5 Å². The molecule has 0 aliphatic heterocycles. The van der Waals surface area contributed by atoms with Gasteiger partial charge >= 0.3 is 27.2 Å². The van der Waals surface area contributed by atoms with Gasteiger partial charge in [-0.2, -0.15) is 0 Å². The molecule has 30 heavy (non-hydrogen) atoms. The maximum Gasteiger partial charge on any atom is 0.357 e. The summed E-state index contributed by atoms with van der Waals surface area (Å²) < 4.78 is 23.7. The molecule has 0 radical (unpaired) electrons. The third-order valence-electron chi connectivity index (χ3n) is 3.49. The second-order valence-electron chi connectivity index (χ2n) is 7.34.